The molecule has 0 aliphatic carbocycles. The molecule has 4 heteroatoms. The fourth-order valence-electron chi connectivity index (χ4n) is 2.44. The maximum absolute atomic E-state index is 12.3. The van der Waals surface area contributed by atoms with Crippen LogP contribution in [0.3, 0.4) is 0 Å². The summed E-state index contributed by atoms with van der Waals surface area (Å²) < 4.78 is 1.54. The Hall–Kier alpha value is -1.32. The van der Waals surface area contributed by atoms with Crippen molar-refractivity contribution < 1.29 is 32.7 Å². The van der Waals surface area contributed by atoms with E-state index in [2.05, 4.69) is 17.2 Å². The van der Waals surface area contributed by atoms with E-state index < -0.39 is 0 Å². The number of rotatable bonds is 3. The summed E-state index contributed by atoms with van der Waals surface area (Å²) in [6.45, 7) is 10.5. The molecular weight excluding hydrogens is 385 g/mol. The summed E-state index contributed by atoms with van der Waals surface area (Å²) in [6, 6.07) is 17.9. The molecule has 25 heavy (non-hydrogen) atoms. The summed E-state index contributed by atoms with van der Waals surface area (Å²) in [5, 5.41) is 6.21. The molecule has 0 amide bonds. The zero-order valence-corrected chi connectivity index (χ0v) is 18.8. The van der Waals surface area contributed by atoms with E-state index in [-0.39, 0.29) is 38.3 Å². The van der Waals surface area contributed by atoms with Gasteiger partial charge in [0.15, 0.2) is 0 Å². The van der Waals surface area contributed by atoms with Crippen LogP contribution >= 0.6 is 0 Å². The van der Waals surface area contributed by atoms with Crippen molar-refractivity contribution in [3.8, 4) is 0 Å². The molecule has 1 aromatic heterocycles. The van der Waals surface area contributed by atoms with Crippen molar-refractivity contribution in [3.05, 3.63) is 76.2 Å². The zero-order valence-electron chi connectivity index (χ0n) is 16.0. The third-order valence-electron chi connectivity index (χ3n) is 3.46. The van der Waals surface area contributed by atoms with Crippen molar-refractivity contribution in [3.63, 3.8) is 0 Å². The summed E-state index contributed by atoms with van der Waals surface area (Å²) in [5.74, 6) is 0. The van der Waals surface area contributed by atoms with Crippen LogP contribution in [0.25, 0.3) is 10.8 Å². The molecule has 0 aliphatic heterocycles. The predicted molar refractivity (Wildman–Crippen MR) is 104 cm³/mol. The molecule has 0 unspecified atom stereocenters. The average molecular weight is 413 g/mol. The van der Waals surface area contributed by atoms with Gasteiger partial charge in [0.1, 0.15) is 0 Å². The van der Waals surface area contributed by atoms with Gasteiger partial charge < -0.3 is 0 Å². The van der Waals surface area contributed by atoms with E-state index in [9.17, 15) is 4.79 Å². The number of aromatic nitrogens is 2. The first kappa shape index (κ1) is 23.7. The quantitative estimate of drug-likeness (QED) is 0.602. The van der Waals surface area contributed by atoms with Crippen LogP contribution in [0.15, 0.2) is 59.4 Å². The molecule has 0 saturated heterocycles. The Balaban J connectivity index is 0.00000108. The number of hydrogen-bond donors (Lipinski definition) is 0. The monoisotopic (exact) mass is 413 g/mol. The van der Waals surface area contributed by atoms with Gasteiger partial charge in [0, 0.05) is 51.1 Å². The number of hydrogen-bond acceptors (Lipinski definition) is 2. The third-order valence-corrected chi connectivity index (χ3v) is 3.46. The molecule has 0 fully saturated rings. The number of nitrogens with zero attached hydrogens (tertiary/aromatic N) is 2. The van der Waals surface area contributed by atoms with E-state index in [4.69, 9.17) is 0 Å². The van der Waals surface area contributed by atoms with Crippen LogP contribution in [0.5, 0.6) is 0 Å². The molecule has 0 saturated carbocycles. The molecule has 0 spiro atoms. The third kappa shape index (κ3) is 6.16. The molecule has 1 radical (unpaired) electrons. The van der Waals surface area contributed by atoms with Crippen molar-refractivity contribution in [2.45, 2.75) is 47.6 Å². The molecule has 2 aromatic carbocycles. The fraction of sp³-hybridized carbons (Fsp3) is 0.333. The zero-order chi connectivity index (χ0) is 17.9. The van der Waals surface area contributed by atoms with Crippen molar-refractivity contribution in [1.82, 2.24) is 9.78 Å². The topological polar surface area (TPSA) is 34.9 Å². The van der Waals surface area contributed by atoms with Crippen LogP contribution < -0.4 is 5.56 Å². The maximum atomic E-state index is 12.3. The van der Waals surface area contributed by atoms with E-state index in [1.54, 1.807) is 4.68 Å². The van der Waals surface area contributed by atoms with Crippen molar-refractivity contribution in [2.75, 3.05) is 0 Å². The molecule has 1 heterocycles. The van der Waals surface area contributed by atoms with Gasteiger partial charge >= 0.3 is 0 Å². The van der Waals surface area contributed by atoms with Crippen LogP contribution in [0.4, 0.5) is 0 Å². The van der Waals surface area contributed by atoms with Crippen LogP contribution in [-0.2, 0) is 45.7 Å². The van der Waals surface area contributed by atoms with Crippen LogP contribution in [0.1, 0.15) is 45.9 Å². The predicted octanol–water partition coefficient (Wildman–Crippen LogP) is 5.06. The standard InChI is InChI=1S/C17H16N2O.2C2H6.Y/c1-2-19-17(20)15-11-7-6-10-14(15)16(18-19)12-13-8-4-3-5-9-13;2*1-2;/h3-11H,2,12H2,1H3;2*1-2H3;. The Morgan fingerprint density at radius 1 is 0.840 bits per heavy atom. The summed E-state index contributed by atoms with van der Waals surface area (Å²) in [7, 11) is 0. The second-order valence-corrected chi connectivity index (χ2v) is 4.78. The molecule has 3 rings (SSSR count). The molecule has 0 bridgehead atoms. The minimum Gasteiger partial charge on any atom is -0.267 e. The van der Waals surface area contributed by atoms with Gasteiger partial charge in [-0.25, -0.2) is 4.68 Å². The summed E-state index contributed by atoms with van der Waals surface area (Å²) in [5.41, 5.74) is 2.14. The van der Waals surface area contributed by atoms with Gasteiger partial charge in [-0.05, 0) is 18.6 Å². The van der Waals surface area contributed by atoms with E-state index in [1.165, 1.54) is 5.56 Å². The summed E-state index contributed by atoms with van der Waals surface area (Å²) in [4.78, 5) is 12.3. The van der Waals surface area contributed by atoms with Gasteiger partial charge in [-0.2, -0.15) is 5.10 Å². The first-order chi connectivity index (χ1) is 11.8. The molecule has 0 N–H and O–H groups in total. The van der Waals surface area contributed by atoms with Crippen molar-refractivity contribution in [2.24, 2.45) is 0 Å². The first-order valence-electron chi connectivity index (χ1n) is 8.82. The number of aryl methyl sites for hydroxylation is 1. The van der Waals surface area contributed by atoms with Gasteiger partial charge in [-0.15, -0.1) is 0 Å². The van der Waals surface area contributed by atoms with Crippen molar-refractivity contribution in [1.29, 1.82) is 0 Å². The van der Waals surface area contributed by atoms with Gasteiger partial charge in [-0.3, -0.25) is 4.79 Å². The summed E-state index contributed by atoms with van der Waals surface area (Å²) >= 11 is 0. The molecule has 131 valence electrons. The SMILES string of the molecule is CC.CC.CCn1nc(Cc2ccccc2)c2ccccc2c1=O.[Y]. The average Bonchev–Trinajstić information content (AvgIpc) is 2.68. The van der Waals surface area contributed by atoms with Crippen LogP contribution in [0.2, 0.25) is 0 Å². The smallest absolute Gasteiger partial charge is 0.267 e. The Labute approximate surface area is 176 Å². The minimum absolute atomic E-state index is 0. The number of benzene rings is 2. The molecule has 3 nitrogen and oxygen atoms in total. The second-order valence-electron chi connectivity index (χ2n) is 4.78. The molecule has 0 atom stereocenters. The van der Waals surface area contributed by atoms with Gasteiger partial charge in [0.05, 0.1) is 11.1 Å². The molecule has 0 aliphatic rings. The molecule has 3 aromatic rings. The van der Waals surface area contributed by atoms with Gasteiger partial charge in [0.25, 0.3) is 5.56 Å². The molecular formula is C21H28N2OY. The number of fused-ring (bicyclic) bond motifs is 1. The Kier molecular flexibility index (Phi) is 12.3. The van der Waals surface area contributed by atoms with Crippen LogP contribution in [-0.4, -0.2) is 9.78 Å². The fourth-order valence-corrected chi connectivity index (χ4v) is 2.44. The van der Waals surface area contributed by atoms with E-state index in [0.717, 1.165) is 22.9 Å². The van der Waals surface area contributed by atoms with Crippen LogP contribution in [0, 0.1) is 0 Å². The Morgan fingerprint density at radius 2 is 1.36 bits per heavy atom. The van der Waals surface area contributed by atoms with E-state index >= 15 is 0 Å². The maximum Gasteiger partial charge on any atom is 0.274 e. The Bertz CT molecular complexity index is 798. The second kappa shape index (κ2) is 13.0. The Morgan fingerprint density at radius 3 is 1.92 bits per heavy atom. The normalized spacial score (nSPS) is 9.16. The first-order valence-corrected chi connectivity index (χ1v) is 8.82. The van der Waals surface area contributed by atoms with Gasteiger partial charge in [0.2, 0.25) is 0 Å². The van der Waals surface area contributed by atoms with Gasteiger partial charge in [-0.1, -0.05) is 76.2 Å². The van der Waals surface area contributed by atoms with Crippen molar-refractivity contribution >= 4 is 10.8 Å². The largest absolute Gasteiger partial charge is 0.274 e. The summed E-state index contributed by atoms with van der Waals surface area (Å²) in [6.07, 6.45) is 0.738. The van der Waals surface area contributed by atoms with E-state index in [1.807, 2.05) is 77.1 Å². The van der Waals surface area contributed by atoms with E-state index in [0.29, 0.717) is 6.54 Å². The minimum atomic E-state index is -0.0140.